The van der Waals surface area contributed by atoms with Crippen LogP contribution in [0.1, 0.15) is 10.4 Å². The zero-order chi connectivity index (χ0) is 27.8. The molecule has 0 N–H and O–H groups in total. The Hall–Kier alpha value is -4.69. The smallest absolute Gasteiger partial charge is 0.366 e. The van der Waals surface area contributed by atoms with Gasteiger partial charge < -0.3 is 14.2 Å². The quantitative estimate of drug-likeness (QED) is 0.0706. The van der Waals surface area contributed by atoms with Gasteiger partial charge in [-0.25, -0.2) is 9.59 Å². The zero-order valence-corrected chi connectivity index (χ0v) is 21.5. The van der Waals surface area contributed by atoms with Gasteiger partial charge in [0.2, 0.25) is 10.9 Å². The predicted octanol–water partition coefficient (Wildman–Crippen LogP) is 6.94. The lowest BCUT2D eigenvalue weighted by atomic mass is 10.0. The molecule has 196 valence electrons. The summed E-state index contributed by atoms with van der Waals surface area (Å²) < 4.78 is 27.9. The average molecular weight is 543 g/mol. The molecule has 0 aromatic heterocycles. The van der Waals surface area contributed by atoms with Gasteiger partial charge in [0.05, 0.1) is 0 Å². The number of rotatable bonds is 10. The van der Waals surface area contributed by atoms with Crippen molar-refractivity contribution < 1.29 is 33.0 Å². The summed E-state index contributed by atoms with van der Waals surface area (Å²) in [6.45, 7) is 6.24. The van der Waals surface area contributed by atoms with Crippen molar-refractivity contribution in [1.82, 2.24) is 0 Å². The van der Waals surface area contributed by atoms with Crippen molar-refractivity contribution in [2.24, 2.45) is 0 Å². The number of thioether (sulfide) groups is 1. The lowest BCUT2D eigenvalue weighted by molar-refractivity contribution is -0.141. The summed E-state index contributed by atoms with van der Waals surface area (Å²) in [5.41, 5.74) is 2.52. The van der Waals surface area contributed by atoms with Crippen LogP contribution in [-0.2, 0) is 14.3 Å². The van der Waals surface area contributed by atoms with Gasteiger partial charge in [-0.15, -0.1) is 0 Å². The molecule has 0 saturated carbocycles. The van der Waals surface area contributed by atoms with Crippen molar-refractivity contribution in [3.63, 3.8) is 0 Å². The molecule has 39 heavy (non-hydrogen) atoms. The molecule has 0 aliphatic heterocycles. The van der Waals surface area contributed by atoms with Crippen LogP contribution in [-0.4, -0.2) is 30.3 Å². The fourth-order valence-corrected chi connectivity index (χ4v) is 4.30. The van der Waals surface area contributed by atoms with E-state index in [2.05, 4.69) is 17.9 Å². The van der Waals surface area contributed by atoms with E-state index in [4.69, 9.17) is 9.47 Å². The molecular weight excluding hydrogens is 519 g/mol. The van der Waals surface area contributed by atoms with Crippen molar-refractivity contribution in [3.8, 4) is 22.6 Å². The molecule has 4 aromatic rings. The number of hydrogen-bond donors (Lipinski definition) is 0. The fraction of sp³-hybridized carbons (Fsp3) is 0.0645. The largest absolute Gasteiger partial charge is 0.490 e. The lowest BCUT2D eigenvalue weighted by Crippen LogP contribution is -2.12. The van der Waals surface area contributed by atoms with Gasteiger partial charge in [-0.3, -0.25) is 4.79 Å². The maximum Gasteiger partial charge on any atom is 0.366 e. The fourth-order valence-electron chi connectivity index (χ4n) is 3.56. The molecule has 0 amide bonds. The predicted molar refractivity (Wildman–Crippen MR) is 149 cm³/mol. The maximum absolute atomic E-state index is 12.7. The number of carbonyl (C=O) groups is 3. The summed E-state index contributed by atoms with van der Waals surface area (Å²) in [6, 6.07) is 25.6. The molecule has 4 rings (SSSR count). The number of fused-ring (bicyclic) bond motifs is 1. The molecule has 4 aromatic carbocycles. The molecule has 8 heteroatoms. The number of carbonyl (C=O) groups excluding carboxylic acids is 3. The van der Waals surface area contributed by atoms with Crippen molar-refractivity contribution in [2.75, 3.05) is 13.2 Å². The van der Waals surface area contributed by atoms with Crippen LogP contribution in [0.4, 0.5) is 4.39 Å². The minimum absolute atomic E-state index is 0.0857. The van der Waals surface area contributed by atoms with Crippen LogP contribution in [0.2, 0.25) is 0 Å². The number of esters is 2. The lowest BCUT2D eigenvalue weighted by Gasteiger charge is -2.09. The van der Waals surface area contributed by atoms with Gasteiger partial charge in [0.25, 0.3) is 0 Å². The second kappa shape index (κ2) is 12.7. The molecule has 0 aliphatic rings. The highest BCUT2D eigenvalue weighted by Gasteiger charge is 2.10. The van der Waals surface area contributed by atoms with Gasteiger partial charge >= 0.3 is 11.9 Å². The highest BCUT2D eigenvalue weighted by molar-refractivity contribution is 8.14. The Kier molecular flexibility index (Phi) is 8.91. The summed E-state index contributed by atoms with van der Waals surface area (Å²) in [5, 5.41) is 1.85. The van der Waals surface area contributed by atoms with Gasteiger partial charge in [0.1, 0.15) is 24.7 Å². The third kappa shape index (κ3) is 7.43. The SMILES string of the molecule is C=CC(=O)Oc1ccc(SC(=O)c2ccc(-c3ccc4cc(OCCOC(=O)C(=C)F)ccc4c3)cc2)cc1. The van der Waals surface area contributed by atoms with Gasteiger partial charge in [0, 0.05) is 16.5 Å². The molecule has 0 aliphatic carbocycles. The molecule has 0 unspecified atom stereocenters. The average Bonchev–Trinajstić information content (AvgIpc) is 2.95. The van der Waals surface area contributed by atoms with Gasteiger partial charge in [-0.1, -0.05) is 43.5 Å². The van der Waals surface area contributed by atoms with E-state index in [1.165, 1.54) is 0 Å². The van der Waals surface area contributed by atoms with E-state index in [-0.39, 0.29) is 18.3 Å². The van der Waals surface area contributed by atoms with Crippen LogP contribution in [0.25, 0.3) is 21.9 Å². The minimum atomic E-state index is -1.14. The standard InChI is InChI=1S/C31H23FO6S/c1-3-29(33)38-26-12-14-28(15-13-26)39-31(35)22-6-4-21(5-7-22)23-8-9-25-19-27(11-10-24(25)18-23)36-16-17-37-30(34)20(2)32/h3-15,18-19H,1-2,16-17H2. The molecule has 0 heterocycles. The Balaban J connectivity index is 1.36. The van der Waals surface area contributed by atoms with E-state index in [1.807, 2.05) is 42.5 Å². The van der Waals surface area contributed by atoms with Crippen LogP contribution in [0.5, 0.6) is 11.5 Å². The Morgan fingerprint density at radius 1 is 0.795 bits per heavy atom. The van der Waals surface area contributed by atoms with Gasteiger partial charge in [-0.05, 0) is 88.3 Å². The van der Waals surface area contributed by atoms with E-state index < -0.39 is 17.8 Å². The first-order chi connectivity index (χ1) is 18.8. The van der Waals surface area contributed by atoms with Crippen LogP contribution in [0.3, 0.4) is 0 Å². The summed E-state index contributed by atoms with van der Waals surface area (Å²) >= 11 is 1.09. The summed E-state index contributed by atoms with van der Waals surface area (Å²) in [4.78, 5) is 35.8. The zero-order valence-electron chi connectivity index (χ0n) is 20.7. The molecular formula is C31H23FO6S. The number of benzene rings is 4. The van der Waals surface area contributed by atoms with Crippen LogP contribution < -0.4 is 9.47 Å². The Labute approximate surface area is 228 Å². The maximum atomic E-state index is 12.7. The highest BCUT2D eigenvalue weighted by Crippen LogP contribution is 2.29. The summed E-state index contributed by atoms with van der Waals surface area (Å²) in [7, 11) is 0. The monoisotopic (exact) mass is 542 g/mol. The van der Waals surface area contributed by atoms with E-state index in [0.29, 0.717) is 17.1 Å². The normalized spacial score (nSPS) is 10.5. The topological polar surface area (TPSA) is 78.9 Å². The van der Waals surface area contributed by atoms with E-state index >= 15 is 0 Å². The third-order valence-corrected chi connectivity index (χ3v) is 6.42. The van der Waals surface area contributed by atoms with Crippen molar-refractivity contribution in [2.45, 2.75) is 4.90 Å². The molecule has 6 nitrogen and oxygen atoms in total. The Morgan fingerprint density at radius 3 is 2.13 bits per heavy atom. The van der Waals surface area contributed by atoms with Crippen LogP contribution in [0, 0.1) is 0 Å². The first-order valence-electron chi connectivity index (χ1n) is 11.8. The minimum Gasteiger partial charge on any atom is -0.490 e. The van der Waals surface area contributed by atoms with E-state index in [0.717, 1.165) is 44.6 Å². The second-order valence-corrected chi connectivity index (χ2v) is 9.22. The van der Waals surface area contributed by atoms with Crippen molar-refractivity contribution in [1.29, 1.82) is 0 Å². The number of halogens is 1. The second-order valence-electron chi connectivity index (χ2n) is 8.18. The molecule has 0 saturated heterocycles. The highest BCUT2D eigenvalue weighted by atomic mass is 32.2. The summed E-state index contributed by atoms with van der Waals surface area (Å²) in [5.74, 6) is -1.81. The van der Waals surface area contributed by atoms with E-state index in [1.54, 1.807) is 42.5 Å². The third-order valence-electron chi connectivity index (χ3n) is 5.49. The molecule has 0 atom stereocenters. The van der Waals surface area contributed by atoms with Crippen LogP contribution >= 0.6 is 11.8 Å². The first-order valence-corrected chi connectivity index (χ1v) is 12.6. The molecule has 0 spiro atoms. The first kappa shape index (κ1) is 27.3. The van der Waals surface area contributed by atoms with Crippen molar-refractivity contribution in [3.05, 3.63) is 116 Å². The van der Waals surface area contributed by atoms with Crippen molar-refractivity contribution >= 4 is 39.6 Å². The Morgan fingerprint density at radius 2 is 1.44 bits per heavy atom. The summed E-state index contributed by atoms with van der Waals surface area (Å²) in [6.07, 6.45) is 1.08. The Bertz CT molecular complexity index is 1540. The number of hydrogen-bond acceptors (Lipinski definition) is 7. The molecule has 0 radical (unpaired) electrons. The van der Waals surface area contributed by atoms with Gasteiger partial charge in [-0.2, -0.15) is 4.39 Å². The van der Waals surface area contributed by atoms with Crippen LogP contribution in [0.15, 0.2) is 115 Å². The van der Waals surface area contributed by atoms with E-state index in [9.17, 15) is 18.8 Å². The molecule has 0 bridgehead atoms. The number of ether oxygens (including phenoxy) is 3. The van der Waals surface area contributed by atoms with Gasteiger partial charge in [0.15, 0.2) is 0 Å². The molecule has 0 fully saturated rings.